The Morgan fingerprint density at radius 2 is 1.89 bits per heavy atom. The molecule has 18 heavy (non-hydrogen) atoms. The predicted molar refractivity (Wildman–Crippen MR) is 73.3 cm³/mol. The molecule has 1 atom stereocenters. The Kier molecular flexibility index (Phi) is 4.37. The van der Waals surface area contributed by atoms with Crippen LogP contribution < -0.4 is 10.6 Å². The highest BCUT2D eigenvalue weighted by molar-refractivity contribution is 5.79. The number of nitrogens with one attached hydrogen (secondary N) is 2. The highest BCUT2D eigenvalue weighted by atomic mass is 16.1. The highest BCUT2D eigenvalue weighted by Crippen LogP contribution is 2.16. The van der Waals surface area contributed by atoms with Crippen molar-refractivity contribution in [3.8, 4) is 0 Å². The zero-order chi connectivity index (χ0) is 13.0. The third-order valence-electron chi connectivity index (χ3n) is 3.65. The molecule has 1 saturated heterocycles. The van der Waals surface area contributed by atoms with E-state index in [1.54, 1.807) is 0 Å². The molecule has 1 heterocycles. The molecule has 1 amide bonds. The van der Waals surface area contributed by atoms with Crippen LogP contribution >= 0.6 is 0 Å². The maximum absolute atomic E-state index is 12.1. The van der Waals surface area contributed by atoms with Crippen LogP contribution in [0.3, 0.4) is 0 Å². The van der Waals surface area contributed by atoms with Crippen LogP contribution in [-0.4, -0.2) is 19.0 Å². The van der Waals surface area contributed by atoms with Crippen LogP contribution in [0.15, 0.2) is 24.3 Å². The Balaban J connectivity index is 1.91. The minimum Gasteiger partial charge on any atom is -0.349 e. The summed E-state index contributed by atoms with van der Waals surface area (Å²) >= 11 is 0. The SMILES string of the molecule is Cc1ccc(C(C)NC(=O)C2CCNCC2)cc1. The van der Waals surface area contributed by atoms with Crippen LogP contribution in [0, 0.1) is 12.8 Å². The van der Waals surface area contributed by atoms with Gasteiger partial charge in [-0.15, -0.1) is 0 Å². The van der Waals surface area contributed by atoms with E-state index in [0.717, 1.165) is 25.9 Å². The van der Waals surface area contributed by atoms with Gasteiger partial charge in [0, 0.05) is 5.92 Å². The molecule has 2 rings (SSSR count). The maximum Gasteiger partial charge on any atom is 0.223 e. The normalized spacial score (nSPS) is 18.3. The molecule has 0 saturated carbocycles. The molecule has 1 aliphatic heterocycles. The van der Waals surface area contributed by atoms with Gasteiger partial charge in [0.1, 0.15) is 0 Å². The fourth-order valence-corrected chi connectivity index (χ4v) is 2.35. The molecule has 1 aliphatic rings. The van der Waals surface area contributed by atoms with Crippen molar-refractivity contribution in [3.63, 3.8) is 0 Å². The van der Waals surface area contributed by atoms with Crippen molar-refractivity contribution in [3.05, 3.63) is 35.4 Å². The first-order valence-corrected chi connectivity index (χ1v) is 6.74. The lowest BCUT2D eigenvalue weighted by atomic mass is 9.96. The number of benzene rings is 1. The van der Waals surface area contributed by atoms with Gasteiger partial charge in [0.25, 0.3) is 0 Å². The summed E-state index contributed by atoms with van der Waals surface area (Å²) < 4.78 is 0. The molecule has 1 unspecified atom stereocenters. The number of aryl methyl sites for hydroxylation is 1. The van der Waals surface area contributed by atoms with E-state index in [1.807, 2.05) is 6.92 Å². The second-order valence-electron chi connectivity index (χ2n) is 5.17. The van der Waals surface area contributed by atoms with Crippen molar-refractivity contribution in [2.75, 3.05) is 13.1 Å². The van der Waals surface area contributed by atoms with Crippen LogP contribution in [0.4, 0.5) is 0 Å². The van der Waals surface area contributed by atoms with Crippen LogP contribution in [0.1, 0.15) is 36.9 Å². The van der Waals surface area contributed by atoms with E-state index in [2.05, 4.69) is 41.8 Å². The number of amides is 1. The van der Waals surface area contributed by atoms with E-state index in [9.17, 15) is 4.79 Å². The quantitative estimate of drug-likeness (QED) is 0.858. The largest absolute Gasteiger partial charge is 0.349 e. The molecule has 2 N–H and O–H groups in total. The zero-order valence-electron chi connectivity index (χ0n) is 11.2. The highest BCUT2D eigenvalue weighted by Gasteiger charge is 2.22. The van der Waals surface area contributed by atoms with Crippen molar-refractivity contribution in [2.45, 2.75) is 32.7 Å². The van der Waals surface area contributed by atoms with Gasteiger partial charge in [-0.3, -0.25) is 4.79 Å². The third-order valence-corrected chi connectivity index (χ3v) is 3.65. The molecule has 0 aromatic heterocycles. The van der Waals surface area contributed by atoms with Crippen molar-refractivity contribution in [1.82, 2.24) is 10.6 Å². The monoisotopic (exact) mass is 246 g/mol. The van der Waals surface area contributed by atoms with Crippen molar-refractivity contribution < 1.29 is 4.79 Å². The van der Waals surface area contributed by atoms with E-state index in [1.165, 1.54) is 11.1 Å². The van der Waals surface area contributed by atoms with Gasteiger partial charge in [-0.1, -0.05) is 29.8 Å². The minimum atomic E-state index is 0.0907. The fraction of sp³-hybridized carbons (Fsp3) is 0.533. The molecule has 3 heteroatoms. The molecule has 0 radical (unpaired) electrons. The van der Waals surface area contributed by atoms with Crippen LogP contribution in [-0.2, 0) is 4.79 Å². The van der Waals surface area contributed by atoms with E-state index in [-0.39, 0.29) is 17.9 Å². The van der Waals surface area contributed by atoms with Gasteiger partial charge in [0.2, 0.25) is 5.91 Å². The lowest BCUT2D eigenvalue weighted by molar-refractivity contribution is -0.126. The first kappa shape index (κ1) is 13.1. The first-order valence-electron chi connectivity index (χ1n) is 6.74. The van der Waals surface area contributed by atoms with Crippen LogP contribution in [0.5, 0.6) is 0 Å². The summed E-state index contributed by atoms with van der Waals surface area (Å²) in [5.41, 5.74) is 2.42. The Morgan fingerprint density at radius 1 is 1.28 bits per heavy atom. The van der Waals surface area contributed by atoms with Gasteiger partial charge in [-0.2, -0.15) is 0 Å². The van der Waals surface area contributed by atoms with Gasteiger partial charge in [-0.05, 0) is 45.3 Å². The summed E-state index contributed by atoms with van der Waals surface area (Å²) in [6.45, 7) is 6.03. The Hall–Kier alpha value is -1.35. The van der Waals surface area contributed by atoms with E-state index >= 15 is 0 Å². The van der Waals surface area contributed by atoms with Crippen molar-refractivity contribution in [2.24, 2.45) is 5.92 Å². The topological polar surface area (TPSA) is 41.1 Å². The fourth-order valence-electron chi connectivity index (χ4n) is 2.35. The maximum atomic E-state index is 12.1. The van der Waals surface area contributed by atoms with Gasteiger partial charge in [0.15, 0.2) is 0 Å². The first-order chi connectivity index (χ1) is 8.66. The second-order valence-corrected chi connectivity index (χ2v) is 5.17. The molecule has 0 spiro atoms. The Morgan fingerprint density at radius 3 is 2.50 bits per heavy atom. The van der Waals surface area contributed by atoms with Gasteiger partial charge in [0.05, 0.1) is 6.04 Å². The number of carbonyl (C=O) groups is 1. The standard InChI is InChI=1S/C15H22N2O/c1-11-3-5-13(6-4-11)12(2)17-15(18)14-7-9-16-10-8-14/h3-6,12,14,16H,7-10H2,1-2H3,(H,17,18). The lowest BCUT2D eigenvalue weighted by Crippen LogP contribution is -2.39. The summed E-state index contributed by atoms with van der Waals surface area (Å²) in [6, 6.07) is 8.43. The summed E-state index contributed by atoms with van der Waals surface area (Å²) in [5, 5.41) is 6.40. The third kappa shape index (κ3) is 3.33. The molecule has 1 aromatic rings. The molecular weight excluding hydrogens is 224 g/mol. The summed E-state index contributed by atoms with van der Waals surface area (Å²) in [7, 11) is 0. The van der Waals surface area contributed by atoms with Crippen molar-refractivity contribution >= 4 is 5.91 Å². The summed E-state index contributed by atoms with van der Waals surface area (Å²) in [5.74, 6) is 0.378. The number of rotatable bonds is 3. The minimum absolute atomic E-state index is 0.0907. The van der Waals surface area contributed by atoms with Gasteiger partial charge in [-0.25, -0.2) is 0 Å². The van der Waals surface area contributed by atoms with E-state index in [4.69, 9.17) is 0 Å². The molecule has 3 nitrogen and oxygen atoms in total. The Labute approximate surface area is 109 Å². The molecule has 0 bridgehead atoms. The smallest absolute Gasteiger partial charge is 0.223 e. The van der Waals surface area contributed by atoms with Gasteiger partial charge < -0.3 is 10.6 Å². The number of carbonyl (C=O) groups excluding carboxylic acids is 1. The molecule has 1 aromatic carbocycles. The van der Waals surface area contributed by atoms with Crippen LogP contribution in [0.2, 0.25) is 0 Å². The van der Waals surface area contributed by atoms with Gasteiger partial charge >= 0.3 is 0 Å². The Bertz CT molecular complexity index is 393. The summed E-state index contributed by atoms with van der Waals surface area (Å²) in [6.07, 6.45) is 1.90. The molecule has 98 valence electrons. The molecule has 0 aliphatic carbocycles. The number of hydrogen-bond acceptors (Lipinski definition) is 2. The lowest BCUT2D eigenvalue weighted by Gasteiger charge is -2.24. The molecular formula is C15H22N2O. The number of hydrogen-bond donors (Lipinski definition) is 2. The predicted octanol–water partition coefficient (Wildman–Crippen LogP) is 2.17. The van der Waals surface area contributed by atoms with E-state index in [0.29, 0.717) is 0 Å². The number of piperidine rings is 1. The van der Waals surface area contributed by atoms with Crippen LogP contribution in [0.25, 0.3) is 0 Å². The summed E-state index contributed by atoms with van der Waals surface area (Å²) in [4.78, 5) is 12.1. The average Bonchev–Trinajstić information content (AvgIpc) is 2.40. The second kappa shape index (κ2) is 6.01. The van der Waals surface area contributed by atoms with Crippen molar-refractivity contribution in [1.29, 1.82) is 0 Å². The average molecular weight is 246 g/mol. The van der Waals surface area contributed by atoms with E-state index < -0.39 is 0 Å². The molecule has 1 fully saturated rings. The zero-order valence-corrected chi connectivity index (χ0v) is 11.2.